The van der Waals surface area contributed by atoms with Crippen molar-refractivity contribution < 1.29 is 4.79 Å². The summed E-state index contributed by atoms with van der Waals surface area (Å²) in [7, 11) is 0. The molecular formula is C8H12O. The Balaban J connectivity index is 2.87. The van der Waals surface area contributed by atoms with Crippen molar-refractivity contribution in [3.8, 4) is 0 Å². The minimum Gasteiger partial charge on any atom is -0.294 e. The highest BCUT2D eigenvalue weighted by molar-refractivity contribution is 5.99. The summed E-state index contributed by atoms with van der Waals surface area (Å²) in [5.74, 6) is 0.595. The number of rotatable bonds is 0. The number of Topliss-reactive ketones (excluding diaryl/α,β-unsaturated/α-hetero) is 1. The molecule has 1 heteroatoms. The summed E-state index contributed by atoms with van der Waals surface area (Å²) in [6.45, 7) is 5.94. The van der Waals surface area contributed by atoms with E-state index in [4.69, 9.17) is 0 Å². The lowest BCUT2D eigenvalue weighted by atomic mass is 10.1. The molecule has 1 nitrogen and oxygen atoms in total. The van der Waals surface area contributed by atoms with Crippen molar-refractivity contribution in [1.82, 2.24) is 0 Å². The molecule has 1 aliphatic carbocycles. The summed E-state index contributed by atoms with van der Waals surface area (Å²) in [6, 6.07) is 0. The molecule has 0 bridgehead atoms. The molecule has 1 aliphatic rings. The first-order valence-corrected chi connectivity index (χ1v) is 3.33. The Labute approximate surface area is 55.8 Å². The molecule has 0 N–H and O–H groups in total. The standard InChI is InChI=1S/C8H12O/c1-5-4-6(2)8(9)7(5)3/h6H,4H2,1-3H3. The number of allylic oxidation sites excluding steroid dienone is 2. The van der Waals surface area contributed by atoms with Crippen LogP contribution in [0.2, 0.25) is 0 Å². The van der Waals surface area contributed by atoms with Crippen LogP contribution in [0.4, 0.5) is 0 Å². The largest absolute Gasteiger partial charge is 0.294 e. The highest BCUT2D eigenvalue weighted by atomic mass is 16.1. The van der Waals surface area contributed by atoms with Gasteiger partial charge in [-0.25, -0.2) is 0 Å². The van der Waals surface area contributed by atoms with Gasteiger partial charge >= 0.3 is 0 Å². The lowest BCUT2D eigenvalue weighted by Gasteiger charge is -1.95. The van der Waals surface area contributed by atoms with Crippen LogP contribution < -0.4 is 0 Å². The summed E-state index contributed by atoms with van der Waals surface area (Å²) in [5, 5.41) is 0. The first-order valence-electron chi connectivity index (χ1n) is 3.33. The number of ketones is 1. The average molecular weight is 124 g/mol. The Bertz CT molecular complexity index is 177. The molecule has 0 amide bonds. The molecule has 0 aromatic heterocycles. The molecule has 0 saturated heterocycles. The zero-order valence-corrected chi connectivity index (χ0v) is 6.19. The van der Waals surface area contributed by atoms with Gasteiger partial charge < -0.3 is 0 Å². The monoisotopic (exact) mass is 124 g/mol. The lowest BCUT2D eigenvalue weighted by Crippen LogP contribution is -2.03. The molecule has 0 radical (unpaired) electrons. The Morgan fingerprint density at radius 2 is 2.00 bits per heavy atom. The van der Waals surface area contributed by atoms with E-state index in [9.17, 15) is 4.79 Å². The van der Waals surface area contributed by atoms with E-state index in [0.717, 1.165) is 12.0 Å². The SMILES string of the molecule is CC1=C(C)C(=O)C(C)C1. The predicted octanol–water partition coefficient (Wildman–Crippen LogP) is 1.93. The first-order chi connectivity index (χ1) is 4.13. The van der Waals surface area contributed by atoms with Crippen LogP contribution in [-0.4, -0.2) is 5.78 Å². The maximum atomic E-state index is 11.1. The Kier molecular flexibility index (Phi) is 1.43. The summed E-state index contributed by atoms with van der Waals surface area (Å²) < 4.78 is 0. The summed E-state index contributed by atoms with van der Waals surface area (Å²) in [6.07, 6.45) is 0.977. The van der Waals surface area contributed by atoms with Crippen LogP contribution in [0.15, 0.2) is 11.1 Å². The van der Waals surface area contributed by atoms with Gasteiger partial charge in [0.2, 0.25) is 0 Å². The van der Waals surface area contributed by atoms with Gasteiger partial charge in [-0.3, -0.25) is 4.79 Å². The minimum atomic E-state index is 0.255. The molecule has 50 valence electrons. The maximum Gasteiger partial charge on any atom is 0.161 e. The highest BCUT2D eigenvalue weighted by Crippen LogP contribution is 2.26. The number of hydrogen-bond donors (Lipinski definition) is 0. The molecule has 0 aromatic rings. The molecule has 1 rings (SSSR count). The van der Waals surface area contributed by atoms with E-state index < -0.39 is 0 Å². The van der Waals surface area contributed by atoms with E-state index in [1.54, 1.807) is 0 Å². The van der Waals surface area contributed by atoms with Crippen LogP contribution in [0.5, 0.6) is 0 Å². The van der Waals surface area contributed by atoms with Crippen LogP contribution in [0.3, 0.4) is 0 Å². The van der Waals surface area contributed by atoms with E-state index >= 15 is 0 Å². The van der Waals surface area contributed by atoms with Crippen LogP contribution in [0, 0.1) is 5.92 Å². The highest BCUT2D eigenvalue weighted by Gasteiger charge is 2.23. The van der Waals surface area contributed by atoms with Gasteiger partial charge in [-0.1, -0.05) is 12.5 Å². The fourth-order valence-corrected chi connectivity index (χ4v) is 1.28. The third kappa shape index (κ3) is 0.913. The third-order valence-electron chi connectivity index (χ3n) is 2.07. The van der Waals surface area contributed by atoms with Gasteiger partial charge in [-0.2, -0.15) is 0 Å². The predicted molar refractivity (Wildman–Crippen MR) is 37.2 cm³/mol. The van der Waals surface area contributed by atoms with Crippen LogP contribution in [-0.2, 0) is 4.79 Å². The number of carbonyl (C=O) groups excluding carboxylic acids is 1. The average Bonchev–Trinajstić information content (AvgIpc) is 1.98. The number of hydrogen-bond acceptors (Lipinski definition) is 1. The maximum absolute atomic E-state index is 11.1. The minimum absolute atomic E-state index is 0.255. The smallest absolute Gasteiger partial charge is 0.161 e. The molecule has 1 unspecified atom stereocenters. The molecule has 1 atom stereocenters. The Morgan fingerprint density at radius 1 is 1.44 bits per heavy atom. The molecule has 9 heavy (non-hydrogen) atoms. The van der Waals surface area contributed by atoms with Gasteiger partial charge in [0.25, 0.3) is 0 Å². The fourth-order valence-electron chi connectivity index (χ4n) is 1.28. The summed E-state index contributed by atoms with van der Waals surface area (Å²) >= 11 is 0. The normalized spacial score (nSPS) is 27.9. The van der Waals surface area contributed by atoms with Crippen molar-refractivity contribution in [2.45, 2.75) is 27.2 Å². The topological polar surface area (TPSA) is 17.1 Å². The first kappa shape index (κ1) is 6.53. The number of carbonyl (C=O) groups is 1. The molecule has 0 spiro atoms. The molecule has 0 heterocycles. The summed E-state index contributed by atoms with van der Waals surface area (Å²) in [4.78, 5) is 11.1. The van der Waals surface area contributed by atoms with Crippen molar-refractivity contribution in [3.05, 3.63) is 11.1 Å². The zero-order valence-electron chi connectivity index (χ0n) is 6.19. The van der Waals surface area contributed by atoms with Gasteiger partial charge in [-0.15, -0.1) is 0 Å². The molecule has 0 aromatic carbocycles. The Morgan fingerprint density at radius 3 is 2.11 bits per heavy atom. The van der Waals surface area contributed by atoms with Crippen molar-refractivity contribution in [1.29, 1.82) is 0 Å². The van der Waals surface area contributed by atoms with Crippen molar-refractivity contribution in [3.63, 3.8) is 0 Å². The van der Waals surface area contributed by atoms with Gasteiger partial charge in [0.15, 0.2) is 5.78 Å². The molecule has 0 aliphatic heterocycles. The van der Waals surface area contributed by atoms with E-state index in [-0.39, 0.29) is 5.92 Å². The zero-order chi connectivity index (χ0) is 7.02. The van der Waals surface area contributed by atoms with Gasteiger partial charge in [0, 0.05) is 5.92 Å². The molecular weight excluding hydrogens is 112 g/mol. The van der Waals surface area contributed by atoms with Gasteiger partial charge in [0.05, 0.1) is 0 Å². The van der Waals surface area contributed by atoms with Crippen LogP contribution in [0.25, 0.3) is 0 Å². The fraction of sp³-hybridized carbons (Fsp3) is 0.625. The second-order valence-corrected chi connectivity index (χ2v) is 2.87. The second kappa shape index (κ2) is 1.98. The summed E-state index contributed by atoms with van der Waals surface area (Å²) in [5.41, 5.74) is 2.26. The molecule has 0 fully saturated rings. The van der Waals surface area contributed by atoms with E-state index in [2.05, 4.69) is 0 Å². The van der Waals surface area contributed by atoms with Crippen LogP contribution >= 0.6 is 0 Å². The third-order valence-corrected chi connectivity index (χ3v) is 2.07. The quantitative estimate of drug-likeness (QED) is 0.482. The van der Waals surface area contributed by atoms with Crippen molar-refractivity contribution in [2.75, 3.05) is 0 Å². The van der Waals surface area contributed by atoms with Crippen molar-refractivity contribution in [2.24, 2.45) is 5.92 Å². The second-order valence-electron chi connectivity index (χ2n) is 2.87. The van der Waals surface area contributed by atoms with Crippen LogP contribution in [0.1, 0.15) is 27.2 Å². The van der Waals surface area contributed by atoms with E-state index in [0.29, 0.717) is 5.78 Å². The van der Waals surface area contributed by atoms with E-state index in [1.807, 2.05) is 20.8 Å². The van der Waals surface area contributed by atoms with Crippen molar-refractivity contribution >= 4 is 5.78 Å². The lowest BCUT2D eigenvalue weighted by molar-refractivity contribution is -0.117. The molecule has 0 saturated carbocycles. The van der Waals surface area contributed by atoms with Gasteiger partial charge in [-0.05, 0) is 25.8 Å². The van der Waals surface area contributed by atoms with Gasteiger partial charge in [0.1, 0.15) is 0 Å². The Hall–Kier alpha value is -0.590. The van der Waals surface area contributed by atoms with E-state index in [1.165, 1.54) is 5.57 Å².